The largest absolute Gasteiger partial charge is 0.480 e. The zero-order valence-electron chi connectivity index (χ0n) is 17.8. The third kappa shape index (κ3) is 7.05. The van der Waals surface area contributed by atoms with E-state index in [1.165, 1.54) is 0 Å². The van der Waals surface area contributed by atoms with Gasteiger partial charge in [-0.3, -0.25) is 9.59 Å². The van der Waals surface area contributed by atoms with E-state index in [-0.39, 0.29) is 36.1 Å². The summed E-state index contributed by atoms with van der Waals surface area (Å²) in [5.74, 6) is -1.72. The molecule has 0 unspecified atom stereocenters. The highest BCUT2D eigenvalue weighted by Gasteiger charge is 2.38. The van der Waals surface area contributed by atoms with Gasteiger partial charge < -0.3 is 25.4 Å². The summed E-state index contributed by atoms with van der Waals surface area (Å²) in [7, 11) is 0. The van der Waals surface area contributed by atoms with Gasteiger partial charge in [-0.15, -0.1) is 0 Å². The van der Waals surface area contributed by atoms with Crippen molar-refractivity contribution < 1.29 is 23.9 Å². The topological polar surface area (TPSA) is 106 Å². The summed E-state index contributed by atoms with van der Waals surface area (Å²) in [6.07, 6.45) is 1.43. The second kappa shape index (κ2) is 9.26. The first-order valence-electron chi connectivity index (χ1n) is 9.80. The molecule has 0 aromatic heterocycles. The number of para-hydroxylation sites is 2. The molecule has 1 aromatic carbocycles. The van der Waals surface area contributed by atoms with Crippen molar-refractivity contribution >= 4 is 23.5 Å². The fourth-order valence-corrected chi connectivity index (χ4v) is 3.89. The van der Waals surface area contributed by atoms with Crippen molar-refractivity contribution in [2.24, 2.45) is 0 Å². The summed E-state index contributed by atoms with van der Waals surface area (Å²) in [6, 6.07) is 6.49. The Bertz CT molecular complexity index is 744. The van der Waals surface area contributed by atoms with Crippen LogP contribution in [0.1, 0.15) is 47.5 Å². The maximum Gasteiger partial charge on any atom is 0.344 e. The number of nitrogens with one attached hydrogen (secondary N) is 3. The average molecular weight is 405 g/mol. The fraction of sp³-hybridized carbons (Fsp3) is 0.571. The molecule has 0 radical (unpaired) electrons. The molecule has 0 saturated carbocycles. The average Bonchev–Trinajstić information content (AvgIpc) is 2.58. The molecule has 0 spiro atoms. The maximum atomic E-state index is 12.4. The van der Waals surface area contributed by atoms with Crippen LogP contribution in [0.4, 0.5) is 5.69 Å². The van der Waals surface area contributed by atoms with E-state index in [0.29, 0.717) is 18.5 Å². The monoisotopic (exact) mass is 405 g/mol. The first-order valence-corrected chi connectivity index (χ1v) is 9.80. The lowest BCUT2D eigenvalue weighted by molar-refractivity contribution is -0.145. The maximum absolute atomic E-state index is 12.4. The Labute approximate surface area is 171 Å². The molecule has 0 aliphatic carbocycles. The standard InChI is InChI=1S/C21H31N3O5/c1-6-28-17(25)13-29-16-10-8-7-9-15(16)23-19(27)18(26)22-14-11-20(2,3)24-21(4,5)12-14/h7-10,14,24H,6,11-13H2,1-5H3,(H,22,26)(H,23,27). The van der Waals surface area contributed by atoms with Crippen LogP contribution in [-0.2, 0) is 19.1 Å². The van der Waals surface area contributed by atoms with Crippen LogP contribution in [0.3, 0.4) is 0 Å². The first-order chi connectivity index (χ1) is 13.5. The summed E-state index contributed by atoms with van der Waals surface area (Å²) in [4.78, 5) is 36.3. The zero-order valence-corrected chi connectivity index (χ0v) is 17.8. The second-order valence-electron chi connectivity index (χ2n) is 8.52. The van der Waals surface area contributed by atoms with Crippen molar-refractivity contribution in [2.75, 3.05) is 18.5 Å². The van der Waals surface area contributed by atoms with Gasteiger partial charge in [-0.2, -0.15) is 0 Å². The highest BCUT2D eigenvalue weighted by Crippen LogP contribution is 2.28. The Morgan fingerprint density at radius 3 is 2.31 bits per heavy atom. The number of carbonyl (C=O) groups excluding carboxylic acids is 3. The lowest BCUT2D eigenvalue weighted by Gasteiger charge is -2.46. The van der Waals surface area contributed by atoms with Gasteiger partial charge in [0.15, 0.2) is 6.61 Å². The van der Waals surface area contributed by atoms with Crippen molar-refractivity contribution in [1.82, 2.24) is 10.6 Å². The predicted molar refractivity (Wildman–Crippen MR) is 110 cm³/mol. The van der Waals surface area contributed by atoms with Gasteiger partial charge in [0.25, 0.3) is 0 Å². The number of amides is 2. The summed E-state index contributed by atoms with van der Waals surface area (Å²) in [5, 5.41) is 8.92. The van der Waals surface area contributed by atoms with E-state index in [9.17, 15) is 14.4 Å². The number of benzene rings is 1. The van der Waals surface area contributed by atoms with E-state index in [1.54, 1.807) is 31.2 Å². The lowest BCUT2D eigenvalue weighted by Crippen LogP contribution is -2.62. The third-order valence-electron chi connectivity index (χ3n) is 4.52. The molecule has 2 amide bonds. The molecule has 3 N–H and O–H groups in total. The smallest absolute Gasteiger partial charge is 0.344 e. The van der Waals surface area contributed by atoms with Crippen LogP contribution < -0.4 is 20.7 Å². The molecular formula is C21H31N3O5. The number of rotatable bonds is 6. The normalized spacial score (nSPS) is 17.8. The van der Waals surface area contributed by atoms with Crippen LogP contribution >= 0.6 is 0 Å². The number of carbonyl (C=O) groups is 3. The minimum absolute atomic E-state index is 0.116. The van der Waals surface area contributed by atoms with Gasteiger partial charge in [-0.05, 0) is 59.6 Å². The summed E-state index contributed by atoms with van der Waals surface area (Å²) in [5.41, 5.74) is 0.0101. The molecule has 8 nitrogen and oxygen atoms in total. The fourth-order valence-electron chi connectivity index (χ4n) is 3.89. The molecule has 1 aromatic rings. The van der Waals surface area contributed by atoms with Crippen LogP contribution in [0.2, 0.25) is 0 Å². The van der Waals surface area contributed by atoms with Gasteiger partial charge in [0.1, 0.15) is 5.75 Å². The molecule has 1 saturated heterocycles. The van der Waals surface area contributed by atoms with E-state index in [2.05, 4.69) is 43.6 Å². The van der Waals surface area contributed by atoms with Crippen LogP contribution in [-0.4, -0.2) is 48.1 Å². The first kappa shape index (κ1) is 22.7. The molecular weight excluding hydrogens is 374 g/mol. The van der Waals surface area contributed by atoms with Crippen molar-refractivity contribution in [3.8, 4) is 5.75 Å². The molecule has 160 valence electrons. The van der Waals surface area contributed by atoms with E-state index < -0.39 is 17.8 Å². The highest BCUT2D eigenvalue weighted by molar-refractivity contribution is 6.39. The molecule has 1 heterocycles. The van der Waals surface area contributed by atoms with Gasteiger partial charge >= 0.3 is 17.8 Å². The summed E-state index contributed by atoms with van der Waals surface area (Å²) < 4.78 is 10.2. The van der Waals surface area contributed by atoms with Crippen molar-refractivity contribution in [2.45, 2.75) is 64.6 Å². The Hall–Kier alpha value is -2.61. The molecule has 0 atom stereocenters. The summed E-state index contributed by atoms with van der Waals surface area (Å²) >= 11 is 0. The van der Waals surface area contributed by atoms with E-state index in [0.717, 1.165) is 0 Å². The molecule has 1 aliphatic rings. The van der Waals surface area contributed by atoms with Crippen molar-refractivity contribution in [3.05, 3.63) is 24.3 Å². The zero-order chi connectivity index (χ0) is 21.7. The number of anilines is 1. The van der Waals surface area contributed by atoms with E-state index in [4.69, 9.17) is 9.47 Å². The van der Waals surface area contributed by atoms with Crippen LogP contribution in [0.25, 0.3) is 0 Å². The predicted octanol–water partition coefficient (Wildman–Crippen LogP) is 1.99. The number of esters is 1. The Morgan fingerprint density at radius 1 is 1.07 bits per heavy atom. The number of ether oxygens (including phenoxy) is 2. The third-order valence-corrected chi connectivity index (χ3v) is 4.52. The Balaban J connectivity index is 1.98. The Kier molecular flexibility index (Phi) is 7.24. The van der Waals surface area contributed by atoms with Crippen LogP contribution in [0, 0.1) is 0 Å². The van der Waals surface area contributed by atoms with Crippen LogP contribution in [0.5, 0.6) is 5.75 Å². The van der Waals surface area contributed by atoms with Crippen LogP contribution in [0.15, 0.2) is 24.3 Å². The van der Waals surface area contributed by atoms with Crippen molar-refractivity contribution in [1.29, 1.82) is 0 Å². The molecule has 0 bridgehead atoms. The number of hydrogen-bond acceptors (Lipinski definition) is 6. The van der Waals surface area contributed by atoms with Gasteiger partial charge in [-0.1, -0.05) is 12.1 Å². The minimum atomic E-state index is -0.786. The second-order valence-corrected chi connectivity index (χ2v) is 8.52. The van der Waals surface area contributed by atoms with Crippen molar-refractivity contribution in [3.63, 3.8) is 0 Å². The van der Waals surface area contributed by atoms with E-state index >= 15 is 0 Å². The SMILES string of the molecule is CCOC(=O)COc1ccccc1NC(=O)C(=O)NC1CC(C)(C)NC(C)(C)C1. The number of piperidine rings is 1. The minimum Gasteiger partial charge on any atom is -0.480 e. The highest BCUT2D eigenvalue weighted by atomic mass is 16.6. The molecule has 1 fully saturated rings. The van der Waals surface area contributed by atoms with Gasteiger partial charge in [0.2, 0.25) is 0 Å². The summed E-state index contributed by atoms with van der Waals surface area (Å²) in [6.45, 7) is 9.97. The van der Waals surface area contributed by atoms with Gasteiger partial charge in [0, 0.05) is 17.1 Å². The molecule has 2 rings (SSSR count). The van der Waals surface area contributed by atoms with Gasteiger partial charge in [-0.25, -0.2) is 4.79 Å². The quantitative estimate of drug-likeness (QED) is 0.494. The molecule has 1 aliphatic heterocycles. The molecule has 8 heteroatoms. The van der Waals surface area contributed by atoms with Gasteiger partial charge in [0.05, 0.1) is 12.3 Å². The lowest BCUT2D eigenvalue weighted by atomic mass is 9.79. The molecule has 29 heavy (non-hydrogen) atoms. The number of hydrogen-bond donors (Lipinski definition) is 3. The Morgan fingerprint density at radius 2 is 1.69 bits per heavy atom. The van der Waals surface area contributed by atoms with E-state index in [1.807, 2.05) is 0 Å².